The summed E-state index contributed by atoms with van der Waals surface area (Å²) in [5.41, 5.74) is 6.75. The third-order valence-corrected chi connectivity index (χ3v) is 2.65. The lowest BCUT2D eigenvalue weighted by Gasteiger charge is -2.07. The molecule has 0 radical (unpaired) electrons. The summed E-state index contributed by atoms with van der Waals surface area (Å²) in [4.78, 5) is 4.01. The molecular weight excluding hydrogens is 237 g/mol. The Kier molecular flexibility index (Phi) is 4.11. The number of para-hydroxylation sites is 1. The predicted octanol–water partition coefficient (Wildman–Crippen LogP) is 1.42. The van der Waals surface area contributed by atoms with Crippen molar-refractivity contribution in [3.05, 3.63) is 24.0 Å². The van der Waals surface area contributed by atoms with E-state index in [9.17, 15) is 4.39 Å². The van der Waals surface area contributed by atoms with Gasteiger partial charge in [-0.1, -0.05) is 6.07 Å². The standard InChI is InChI=1S/C12H16FN3O2/c1-17-7-8-18-6-5-16-10-4-2-3-9(13)11(10)15-12(16)14/h2-4H,5-8H2,1H3,(H2,14,15). The number of rotatable bonds is 6. The van der Waals surface area contributed by atoms with Crippen LogP contribution in [0, 0.1) is 5.82 Å². The Labute approximate surface area is 104 Å². The van der Waals surface area contributed by atoms with Gasteiger partial charge in [0.2, 0.25) is 5.95 Å². The normalized spacial score (nSPS) is 11.2. The van der Waals surface area contributed by atoms with Gasteiger partial charge in [0, 0.05) is 13.7 Å². The van der Waals surface area contributed by atoms with Gasteiger partial charge in [-0.15, -0.1) is 0 Å². The number of nitrogen functional groups attached to an aromatic ring is 1. The zero-order valence-corrected chi connectivity index (χ0v) is 10.2. The minimum Gasteiger partial charge on any atom is -0.382 e. The summed E-state index contributed by atoms with van der Waals surface area (Å²) in [6.45, 7) is 2.09. The van der Waals surface area contributed by atoms with Crippen molar-refractivity contribution in [1.29, 1.82) is 0 Å². The van der Waals surface area contributed by atoms with Crippen molar-refractivity contribution in [2.24, 2.45) is 0 Å². The number of benzene rings is 1. The summed E-state index contributed by atoms with van der Waals surface area (Å²) in [7, 11) is 1.62. The number of halogens is 1. The Morgan fingerprint density at radius 2 is 2.17 bits per heavy atom. The van der Waals surface area contributed by atoms with Gasteiger partial charge in [-0.05, 0) is 12.1 Å². The molecule has 2 N–H and O–H groups in total. The van der Waals surface area contributed by atoms with Gasteiger partial charge in [-0.3, -0.25) is 0 Å². The van der Waals surface area contributed by atoms with Crippen LogP contribution in [0.5, 0.6) is 0 Å². The van der Waals surface area contributed by atoms with Crippen LogP contribution in [0.2, 0.25) is 0 Å². The molecule has 1 aromatic carbocycles. The maximum absolute atomic E-state index is 13.5. The first kappa shape index (κ1) is 12.8. The van der Waals surface area contributed by atoms with Crippen LogP contribution < -0.4 is 5.73 Å². The van der Waals surface area contributed by atoms with E-state index < -0.39 is 0 Å². The van der Waals surface area contributed by atoms with Crippen molar-refractivity contribution in [2.75, 3.05) is 32.7 Å². The van der Waals surface area contributed by atoms with E-state index in [1.54, 1.807) is 23.8 Å². The monoisotopic (exact) mass is 253 g/mol. The molecule has 1 aromatic heterocycles. The number of aromatic nitrogens is 2. The molecule has 0 aliphatic carbocycles. The largest absolute Gasteiger partial charge is 0.382 e. The van der Waals surface area contributed by atoms with Crippen LogP contribution in [0.1, 0.15) is 0 Å². The van der Waals surface area contributed by atoms with Crippen LogP contribution in [0.3, 0.4) is 0 Å². The minimum atomic E-state index is -0.363. The topological polar surface area (TPSA) is 62.3 Å². The molecule has 0 aliphatic rings. The highest BCUT2D eigenvalue weighted by molar-refractivity contribution is 5.78. The highest BCUT2D eigenvalue weighted by Gasteiger charge is 2.10. The van der Waals surface area contributed by atoms with Crippen molar-refractivity contribution < 1.29 is 13.9 Å². The number of anilines is 1. The summed E-state index contributed by atoms with van der Waals surface area (Å²) in [5.74, 6) is -0.0660. The average molecular weight is 253 g/mol. The lowest BCUT2D eigenvalue weighted by atomic mass is 10.3. The molecule has 2 rings (SSSR count). The number of fused-ring (bicyclic) bond motifs is 1. The molecule has 0 aliphatic heterocycles. The van der Waals surface area contributed by atoms with E-state index in [1.807, 2.05) is 0 Å². The Balaban J connectivity index is 2.08. The second-order valence-corrected chi connectivity index (χ2v) is 3.83. The van der Waals surface area contributed by atoms with Gasteiger partial charge in [0.05, 0.1) is 25.3 Å². The average Bonchev–Trinajstić information content (AvgIpc) is 2.68. The number of nitrogens with two attached hydrogens (primary N) is 1. The van der Waals surface area contributed by atoms with E-state index in [0.29, 0.717) is 43.3 Å². The minimum absolute atomic E-state index is 0.297. The number of methoxy groups -OCH3 is 1. The fourth-order valence-corrected chi connectivity index (χ4v) is 1.77. The number of hydrogen-bond donors (Lipinski definition) is 1. The molecule has 0 atom stereocenters. The SMILES string of the molecule is COCCOCCn1c(N)nc2c(F)cccc21. The van der Waals surface area contributed by atoms with Crippen molar-refractivity contribution in [1.82, 2.24) is 9.55 Å². The molecule has 1 heterocycles. The summed E-state index contributed by atoms with van der Waals surface area (Å²) < 4.78 is 25.5. The van der Waals surface area contributed by atoms with Crippen molar-refractivity contribution in [3.8, 4) is 0 Å². The molecule has 0 unspecified atom stereocenters. The fraction of sp³-hybridized carbons (Fsp3) is 0.417. The van der Waals surface area contributed by atoms with Crippen molar-refractivity contribution >= 4 is 17.0 Å². The lowest BCUT2D eigenvalue weighted by molar-refractivity contribution is 0.0671. The lowest BCUT2D eigenvalue weighted by Crippen LogP contribution is -2.11. The Morgan fingerprint density at radius 3 is 2.94 bits per heavy atom. The Morgan fingerprint density at radius 1 is 1.33 bits per heavy atom. The van der Waals surface area contributed by atoms with Crippen LogP contribution in [0.15, 0.2) is 18.2 Å². The molecule has 0 spiro atoms. The van der Waals surface area contributed by atoms with Crippen molar-refractivity contribution in [2.45, 2.75) is 6.54 Å². The molecule has 5 nitrogen and oxygen atoms in total. The van der Waals surface area contributed by atoms with Crippen LogP contribution >= 0.6 is 0 Å². The van der Waals surface area contributed by atoms with Gasteiger partial charge in [0.25, 0.3) is 0 Å². The third-order valence-electron chi connectivity index (χ3n) is 2.65. The van der Waals surface area contributed by atoms with E-state index in [2.05, 4.69) is 4.98 Å². The Hall–Kier alpha value is -1.66. The summed E-state index contributed by atoms with van der Waals surface area (Å²) in [6.07, 6.45) is 0. The first-order valence-corrected chi connectivity index (χ1v) is 5.71. The zero-order valence-electron chi connectivity index (χ0n) is 10.2. The van der Waals surface area contributed by atoms with E-state index >= 15 is 0 Å². The van der Waals surface area contributed by atoms with Gasteiger partial charge in [-0.25, -0.2) is 9.37 Å². The van der Waals surface area contributed by atoms with Gasteiger partial charge in [0.1, 0.15) is 5.52 Å². The first-order chi connectivity index (χ1) is 8.74. The molecule has 2 aromatic rings. The predicted molar refractivity (Wildman–Crippen MR) is 66.8 cm³/mol. The molecule has 0 saturated heterocycles. The second-order valence-electron chi connectivity index (χ2n) is 3.83. The molecule has 6 heteroatoms. The molecule has 0 fully saturated rings. The van der Waals surface area contributed by atoms with E-state index in [4.69, 9.17) is 15.2 Å². The van der Waals surface area contributed by atoms with Gasteiger partial charge in [0.15, 0.2) is 5.82 Å². The van der Waals surface area contributed by atoms with E-state index in [0.717, 1.165) is 0 Å². The molecule has 0 saturated carbocycles. The number of imidazole rings is 1. The quantitative estimate of drug-likeness (QED) is 0.791. The van der Waals surface area contributed by atoms with E-state index in [-0.39, 0.29) is 5.82 Å². The summed E-state index contributed by atoms with van der Waals surface area (Å²) >= 11 is 0. The highest BCUT2D eigenvalue weighted by atomic mass is 19.1. The molecule has 0 bridgehead atoms. The summed E-state index contributed by atoms with van der Waals surface area (Å²) in [6, 6.07) is 4.80. The Bertz CT molecular complexity index is 527. The smallest absolute Gasteiger partial charge is 0.201 e. The van der Waals surface area contributed by atoms with Gasteiger partial charge >= 0.3 is 0 Å². The van der Waals surface area contributed by atoms with Gasteiger partial charge < -0.3 is 19.8 Å². The second kappa shape index (κ2) is 5.79. The summed E-state index contributed by atoms with van der Waals surface area (Å²) in [5, 5.41) is 0. The molecule has 0 amide bonds. The number of nitrogens with zero attached hydrogens (tertiary/aromatic N) is 2. The van der Waals surface area contributed by atoms with Crippen LogP contribution in [0.25, 0.3) is 11.0 Å². The van der Waals surface area contributed by atoms with Crippen molar-refractivity contribution in [3.63, 3.8) is 0 Å². The maximum Gasteiger partial charge on any atom is 0.201 e. The zero-order chi connectivity index (χ0) is 13.0. The molecule has 98 valence electrons. The van der Waals surface area contributed by atoms with Crippen LogP contribution in [0.4, 0.5) is 10.3 Å². The molecular formula is C12H16FN3O2. The highest BCUT2D eigenvalue weighted by Crippen LogP contribution is 2.20. The number of ether oxygens (including phenoxy) is 2. The first-order valence-electron chi connectivity index (χ1n) is 5.71. The molecule has 18 heavy (non-hydrogen) atoms. The van der Waals surface area contributed by atoms with Crippen LogP contribution in [-0.4, -0.2) is 36.5 Å². The van der Waals surface area contributed by atoms with Crippen LogP contribution in [-0.2, 0) is 16.0 Å². The third kappa shape index (κ3) is 2.60. The fourth-order valence-electron chi connectivity index (χ4n) is 1.77. The van der Waals surface area contributed by atoms with E-state index in [1.165, 1.54) is 6.07 Å². The number of hydrogen-bond acceptors (Lipinski definition) is 4. The van der Waals surface area contributed by atoms with Gasteiger partial charge in [-0.2, -0.15) is 0 Å². The maximum atomic E-state index is 13.5.